The van der Waals surface area contributed by atoms with Gasteiger partial charge in [-0.3, -0.25) is 4.79 Å². The second-order valence-corrected chi connectivity index (χ2v) is 11.0. The Kier molecular flexibility index (Phi) is 5.79. The highest BCUT2D eigenvalue weighted by atomic mass is 32.2. The first-order valence-corrected chi connectivity index (χ1v) is 12.7. The summed E-state index contributed by atoms with van der Waals surface area (Å²) >= 11 is 1.47. The van der Waals surface area contributed by atoms with Crippen LogP contribution in [0.5, 0.6) is 0 Å². The van der Waals surface area contributed by atoms with Crippen molar-refractivity contribution in [3.8, 4) is 10.4 Å². The molecule has 1 aliphatic rings. The molecule has 0 saturated heterocycles. The van der Waals surface area contributed by atoms with E-state index < -0.39 is 15.7 Å². The molecule has 1 fully saturated rings. The van der Waals surface area contributed by atoms with E-state index in [0.29, 0.717) is 16.5 Å². The molecule has 1 aliphatic carbocycles. The van der Waals surface area contributed by atoms with Gasteiger partial charge in [-0.2, -0.15) is 0 Å². The normalized spacial score (nSPS) is 15.4. The van der Waals surface area contributed by atoms with Gasteiger partial charge in [-0.25, -0.2) is 13.4 Å². The first-order chi connectivity index (χ1) is 14.4. The van der Waals surface area contributed by atoms with Crippen LogP contribution in [-0.2, 0) is 9.84 Å². The third-order valence-electron chi connectivity index (χ3n) is 5.64. The molecule has 158 valence electrons. The van der Waals surface area contributed by atoms with Crippen LogP contribution in [0.25, 0.3) is 20.5 Å². The number of amides is 1. The maximum atomic E-state index is 12.1. The summed E-state index contributed by atoms with van der Waals surface area (Å²) in [5, 5.41) is 4.43. The van der Waals surface area contributed by atoms with Gasteiger partial charge in [-0.1, -0.05) is 38.3 Å². The Bertz CT molecular complexity index is 1180. The van der Waals surface area contributed by atoms with Crippen LogP contribution < -0.4 is 11.1 Å². The maximum Gasteiger partial charge on any atom is 0.251 e. The number of carbonyl (C=O) groups is 1. The van der Waals surface area contributed by atoms with E-state index in [1.807, 2.05) is 6.07 Å². The van der Waals surface area contributed by atoms with E-state index in [1.54, 1.807) is 37.4 Å². The minimum absolute atomic E-state index is 0.0685. The summed E-state index contributed by atoms with van der Waals surface area (Å²) in [6, 6.07) is 9.27. The lowest BCUT2D eigenvalue weighted by atomic mass is 9.95. The average molecular weight is 444 g/mol. The molecule has 1 aromatic carbocycles. The Balaban J connectivity index is 1.75. The highest BCUT2D eigenvalue weighted by Crippen LogP contribution is 2.39. The van der Waals surface area contributed by atoms with Crippen molar-refractivity contribution in [3.63, 3.8) is 0 Å². The molecule has 2 aromatic heterocycles. The number of rotatable bonds is 6. The summed E-state index contributed by atoms with van der Waals surface area (Å²) in [5.74, 6) is 0.336. The molecule has 1 saturated carbocycles. The number of hydrogen-bond acceptors (Lipinski definition) is 6. The van der Waals surface area contributed by atoms with Gasteiger partial charge < -0.3 is 11.1 Å². The van der Waals surface area contributed by atoms with Crippen molar-refractivity contribution in [2.75, 3.05) is 11.1 Å². The molecule has 0 spiro atoms. The predicted molar refractivity (Wildman–Crippen MR) is 122 cm³/mol. The Morgan fingerprint density at radius 1 is 1.20 bits per heavy atom. The quantitative estimate of drug-likeness (QED) is 0.580. The van der Waals surface area contributed by atoms with Crippen LogP contribution in [0.3, 0.4) is 0 Å². The van der Waals surface area contributed by atoms with Crippen molar-refractivity contribution in [3.05, 3.63) is 42.1 Å². The molecule has 0 atom stereocenters. The molecule has 8 heteroatoms. The number of nitrogens with two attached hydrogens (primary N) is 1. The number of primary amides is 1. The zero-order valence-electron chi connectivity index (χ0n) is 16.8. The van der Waals surface area contributed by atoms with E-state index in [-0.39, 0.29) is 5.75 Å². The lowest BCUT2D eigenvalue weighted by molar-refractivity contribution is 0.100. The van der Waals surface area contributed by atoms with Crippen LogP contribution in [0.1, 0.15) is 49.4 Å². The molecule has 4 rings (SSSR count). The van der Waals surface area contributed by atoms with Crippen LogP contribution in [0, 0.1) is 0 Å². The van der Waals surface area contributed by atoms with Crippen LogP contribution in [0.15, 0.2) is 41.4 Å². The summed E-state index contributed by atoms with van der Waals surface area (Å²) in [5.41, 5.74) is 6.88. The minimum Gasteiger partial charge on any atom is -0.367 e. The number of carbonyl (C=O) groups excluding carboxylic acids is 1. The van der Waals surface area contributed by atoms with Crippen molar-refractivity contribution in [2.45, 2.75) is 50.0 Å². The Labute approximate surface area is 180 Å². The summed E-state index contributed by atoms with van der Waals surface area (Å²) in [7, 11) is -3.24. The number of nitrogens with one attached hydrogen (secondary N) is 1. The summed E-state index contributed by atoms with van der Waals surface area (Å²) in [6.07, 6.45) is 7.47. The molecule has 0 unspecified atom stereocenters. The first-order valence-electron chi connectivity index (χ1n) is 10.2. The standard InChI is InChI=1S/C22H25N3O3S2/c1-2-30(27,28)16-10-8-14(9-11-16)19-12-17-20(29-19)18(21(23)26)13-24-22(17)25-15-6-4-3-5-7-15/h8-13,15H,2-7H2,1H3,(H2,23,26)(H,24,25). The monoisotopic (exact) mass is 443 g/mol. The molecule has 2 heterocycles. The number of anilines is 1. The third-order valence-corrected chi connectivity index (χ3v) is 8.61. The van der Waals surface area contributed by atoms with Crippen molar-refractivity contribution in [2.24, 2.45) is 5.73 Å². The molecular weight excluding hydrogens is 418 g/mol. The highest BCUT2D eigenvalue weighted by Gasteiger charge is 2.20. The van der Waals surface area contributed by atoms with Gasteiger partial charge in [-0.15, -0.1) is 11.3 Å². The van der Waals surface area contributed by atoms with Gasteiger partial charge in [-0.05, 0) is 36.6 Å². The van der Waals surface area contributed by atoms with Crippen molar-refractivity contribution < 1.29 is 13.2 Å². The summed E-state index contributed by atoms with van der Waals surface area (Å²) < 4.78 is 25.0. The van der Waals surface area contributed by atoms with E-state index >= 15 is 0 Å². The smallest absolute Gasteiger partial charge is 0.251 e. The molecule has 0 aliphatic heterocycles. The Hall–Kier alpha value is -2.45. The van der Waals surface area contributed by atoms with Gasteiger partial charge >= 0.3 is 0 Å². The molecule has 30 heavy (non-hydrogen) atoms. The number of hydrogen-bond donors (Lipinski definition) is 2. The maximum absolute atomic E-state index is 12.1. The minimum atomic E-state index is -3.24. The highest BCUT2D eigenvalue weighted by molar-refractivity contribution is 7.91. The third kappa shape index (κ3) is 4.06. The number of sulfone groups is 1. The number of nitrogens with zero attached hydrogens (tertiary/aromatic N) is 1. The number of thiophene rings is 1. The fourth-order valence-electron chi connectivity index (χ4n) is 3.89. The molecule has 0 bridgehead atoms. The zero-order chi connectivity index (χ0) is 21.3. The largest absolute Gasteiger partial charge is 0.367 e. The van der Waals surface area contributed by atoms with Gasteiger partial charge in [0.2, 0.25) is 0 Å². The predicted octanol–water partition coefficient (Wildman–Crippen LogP) is 4.60. The van der Waals surface area contributed by atoms with Crippen molar-refractivity contribution in [1.82, 2.24) is 4.98 Å². The first kappa shape index (κ1) is 20.8. The van der Waals surface area contributed by atoms with Crippen molar-refractivity contribution >= 4 is 43.0 Å². The van der Waals surface area contributed by atoms with E-state index in [0.717, 1.165) is 39.2 Å². The lowest BCUT2D eigenvalue weighted by Crippen LogP contribution is -2.23. The molecular formula is C22H25N3O3S2. The number of aromatic nitrogens is 1. The second-order valence-electron chi connectivity index (χ2n) is 7.65. The molecule has 0 radical (unpaired) electrons. The topological polar surface area (TPSA) is 102 Å². The number of fused-ring (bicyclic) bond motifs is 1. The molecule has 6 nitrogen and oxygen atoms in total. The summed E-state index contributed by atoms with van der Waals surface area (Å²) in [6.45, 7) is 1.63. The fraction of sp³-hybridized carbons (Fsp3) is 0.364. The number of pyridine rings is 1. The SMILES string of the molecule is CCS(=O)(=O)c1ccc(-c2cc3c(NC4CCCCC4)ncc(C(N)=O)c3s2)cc1. The molecule has 3 N–H and O–H groups in total. The summed E-state index contributed by atoms with van der Waals surface area (Å²) in [4.78, 5) is 17.7. The molecule has 1 amide bonds. The van der Waals surface area contributed by atoms with Crippen LogP contribution in [0.4, 0.5) is 5.82 Å². The van der Waals surface area contributed by atoms with E-state index in [1.165, 1.54) is 30.6 Å². The lowest BCUT2D eigenvalue weighted by Gasteiger charge is -2.23. The average Bonchev–Trinajstić information content (AvgIpc) is 3.20. The Morgan fingerprint density at radius 2 is 1.90 bits per heavy atom. The fourth-order valence-corrected chi connectivity index (χ4v) is 5.95. The van der Waals surface area contributed by atoms with E-state index in [9.17, 15) is 13.2 Å². The van der Waals surface area contributed by atoms with E-state index in [2.05, 4.69) is 10.3 Å². The van der Waals surface area contributed by atoms with Gasteiger partial charge in [0, 0.05) is 22.5 Å². The van der Waals surface area contributed by atoms with Gasteiger partial charge in [0.1, 0.15) is 5.82 Å². The number of benzene rings is 1. The van der Waals surface area contributed by atoms with Crippen molar-refractivity contribution in [1.29, 1.82) is 0 Å². The van der Waals surface area contributed by atoms with Gasteiger partial charge in [0.05, 0.1) is 20.9 Å². The van der Waals surface area contributed by atoms with Crippen LogP contribution in [-0.4, -0.2) is 31.1 Å². The second kappa shape index (κ2) is 8.35. The van der Waals surface area contributed by atoms with E-state index in [4.69, 9.17) is 5.73 Å². The van der Waals surface area contributed by atoms with Crippen LogP contribution in [0.2, 0.25) is 0 Å². The zero-order valence-corrected chi connectivity index (χ0v) is 18.5. The molecule has 3 aromatic rings. The Morgan fingerprint density at radius 3 is 2.53 bits per heavy atom. The van der Waals surface area contributed by atoms with Gasteiger partial charge in [0.15, 0.2) is 9.84 Å². The van der Waals surface area contributed by atoms with Gasteiger partial charge in [0.25, 0.3) is 5.91 Å². The van der Waals surface area contributed by atoms with Crippen LogP contribution >= 0.6 is 11.3 Å².